The van der Waals surface area contributed by atoms with E-state index in [2.05, 4.69) is 50.3 Å². The molecule has 4 rings (SSSR count). The molecule has 0 bridgehead atoms. The minimum absolute atomic E-state index is 0.0752. The van der Waals surface area contributed by atoms with Crippen LogP contribution < -0.4 is 0 Å². The molecule has 29 heavy (non-hydrogen) atoms. The van der Waals surface area contributed by atoms with Crippen molar-refractivity contribution in [2.75, 3.05) is 0 Å². The van der Waals surface area contributed by atoms with E-state index >= 15 is 0 Å². The van der Waals surface area contributed by atoms with Gasteiger partial charge in [0.1, 0.15) is 0 Å². The Hall–Kier alpha value is -1.12. The highest BCUT2D eigenvalue weighted by molar-refractivity contribution is 5.33. The molecule has 2 fully saturated rings. The van der Waals surface area contributed by atoms with Crippen LogP contribution in [0.25, 0.3) is 0 Å². The first-order chi connectivity index (χ1) is 13.9. The second-order valence-electron chi connectivity index (χ2n) is 10.4. The monoisotopic (exact) mass is 396 g/mol. The first-order valence-corrected chi connectivity index (χ1v) is 12.1. The molecule has 0 radical (unpaired) electrons. The lowest BCUT2D eigenvalue weighted by Gasteiger charge is -2.48. The molecule has 160 valence electrons. The Labute approximate surface area is 177 Å². The Bertz CT molecular complexity index is 642. The first-order valence-electron chi connectivity index (χ1n) is 12.1. The fraction of sp³-hybridized carbons (Fsp3) is 0.704. The van der Waals surface area contributed by atoms with Crippen LogP contribution in [0.3, 0.4) is 0 Å². The van der Waals surface area contributed by atoms with E-state index in [1.165, 1.54) is 49.7 Å². The van der Waals surface area contributed by atoms with Gasteiger partial charge in [0.25, 0.3) is 0 Å². The zero-order chi connectivity index (χ0) is 20.5. The molecule has 0 saturated heterocycles. The summed E-state index contributed by atoms with van der Waals surface area (Å²) in [7, 11) is 0. The molecule has 0 heterocycles. The summed E-state index contributed by atoms with van der Waals surface area (Å²) in [5.41, 5.74) is 0.944. The van der Waals surface area contributed by atoms with Crippen molar-refractivity contribution >= 4 is 0 Å². The zero-order valence-corrected chi connectivity index (χ0v) is 18.4. The van der Waals surface area contributed by atoms with Gasteiger partial charge in [-0.25, -0.2) is 0 Å². The number of allylic oxidation sites excluding steroid dienone is 4. The summed E-state index contributed by atoms with van der Waals surface area (Å²) in [5, 5.41) is 23.8. The predicted octanol–water partition coefficient (Wildman–Crippen LogP) is 6.26. The molecule has 0 amide bonds. The van der Waals surface area contributed by atoms with Gasteiger partial charge in [0.2, 0.25) is 0 Å². The van der Waals surface area contributed by atoms with Crippen LogP contribution in [0.5, 0.6) is 0 Å². The van der Waals surface area contributed by atoms with Gasteiger partial charge in [-0.15, -0.1) is 0 Å². The van der Waals surface area contributed by atoms with E-state index in [0.717, 1.165) is 32.1 Å². The van der Waals surface area contributed by atoms with E-state index in [-0.39, 0.29) is 11.8 Å². The van der Waals surface area contributed by atoms with Crippen LogP contribution in [0.2, 0.25) is 0 Å². The predicted molar refractivity (Wildman–Crippen MR) is 120 cm³/mol. The summed E-state index contributed by atoms with van der Waals surface area (Å²) in [6, 6.07) is 0. The van der Waals surface area contributed by atoms with Crippen LogP contribution >= 0.6 is 0 Å². The average Bonchev–Trinajstić information content (AvgIpc) is 2.75. The van der Waals surface area contributed by atoms with Crippen molar-refractivity contribution in [2.45, 2.75) is 95.7 Å². The molecule has 4 aliphatic carbocycles. The highest BCUT2D eigenvalue weighted by Crippen LogP contribution is 2.48. The van der Waals surface area contributed by atoms with Gasteiger partial charge in [-0.3, -0.25) is 0 Å². The molecule has 0 aromatic carbocycles. The number of rotatable bonds is 4. The minimum atomic E-state index is -0.768. The molecular formula is C27H40O2. The first kappa shape index (κ1) is 21.1. The third-order valence-electron chi connectivity index (χ3n) is 8.37. The van der Waals surface area contributed by atoms with Crippen LogP contribution in [0, 0.1) is 23.7 Å². The Balaban J connectivity index is 1.61. The molecule has 0 aliphatic heterocycles. The van der Waals surface area contributed by atoms with E-state index in [9.17, 15) is 10.2 Å². The third-order valence-corrected chi connectivity index (χ3v) is 8.37. The summed E-state index contributed by atoms with van der Waals surface area (Å²) < 4.78 is 0. The topological polar surface area (TPSA) is 40.5 Å². The van der Waals surface area contributed by atoms with Gasteiger partial charge in [-0.05, 0) is 57.8 Å². The fourth-order valence-corrected chi connectivity index (χ4v) is 6.58. The van der Waals surface area contributed by atoms with Crippen molar-refractivity contribution in [2.24, 2.45) is 23.7 Å². The van der Waals surface area contributed by atoms with Crippen LogP contribution in [0.1, 0.15) is 84.5 Å². The smallest absolute Gasteiger partial charge is 0.0921 e. The molecule has 2 heteroatoms. The number of hydrogen-bond acceptors (Lipinski definition) is 2. The Morgan fingerprint density at radius 2 is 1.07 bits per heavy atom. The molecule has 0 aromatic rings. The van der Waals surface area contributed by atoms with Gasteiger partial charge in [0.15, 0.2) is 0 Å². The summed E-state index contributed by atoms with van der Waals surface area (Å²) in [4.78, 5) is 0. The Kier molecular flexibility index (Phi) is 6.23. The van der Waals surface area contributed by atoms with Crippen molar-refractivity contribution < 1.29 is 10.2 Å². The maximum absolute atomic E-state index is 11.9. The van der Waals surface area contributed by atoms with E-state index < -0.39 is 11.2 Å². The largest absolute Gasteiger partial charge is 0.385 e. The average molecular weight is 397 g/mol. The molecule has 0 spiro atoms. The van der Waals surface area contributed by atoms with E-state index in [4.69, 9.17) is 0 Å². The van der Waals surface area contributed by atoms with Crippen LogP contribution in [0.4, 0.5) is 0 Å². The van der Waals surface area contributed by atoms with Gasteiger partial charge in [-0.2, -0.15) is 0 Å². The normalized spacial score (nSPS) is 39.3. The highest BCUT2D eigenvalue weighted by Gasteiger charge is 2.48. The summed E-state index contributed by atoms with van der Waals surface area (Å²) >= 11 is 0. The minimum Gasteiger partial charge on any atom is -0.385 e. The molecule has 2 N–H and O–H groups in total. The van der Waals surface area contributed by atoms with E-state index in [0.29, 0.717) is 11.8 Å². The maximum atomic E-state index is 11.9. The summed E-state index contributed by atoms with van der Waals surface area (Å²) in [6.07, 6.45) is 25.8. The van der Waals surface area contributed by atoms with E-state index in [1.54, 1.807) is 0 Å². The van der Waals surface area contributed by atoms with Crippen molar-refractivity contribution in [3.8, 4) is 0 Å². The quantitative estimate of drug-likeness (QED) is 0.588. The van der Waals surface area contributed by atoms with Crippen LogP contribution in [-0.2, 0) is 0 Å². The van der Waals surface area contributed by atoms with Gasteiger partial charge >= 0.3 is 0 Å². The number of hydrogen-bond donors (Lipinski definition) is 2. The summed E-state index contributed by atoms with van der Waals surface area (Å²) in [5.74, 6) is 0.834. The van der Waals surface area contributed by atoms with Gasteiger partial charge in [0, 0.05) is 11.8 Å². The highest BCUT2D eigenvalue weighted by atomic mass is 16.3. The Morgan fingerprint density at radius 1 is 0.690 bits per heavy atom. The lowest BCUT2D eigenvalue weighted by Crippen LogP contribution is -2.50. The molecule has 0 aromatic heterocycles. The van der Waals surface area contributed by atoms with Crippen molar-refractivity contribution in [1.29, 1.82) is 0 Å². The van der Waals surface area contributed by atoms with Crippen LogP contribution in [0.15, 0.2) is 47.6 Å². The van der Waals surface area contributed by atoms with Crippen molar-refractivity contribution in [3.63, 3.8) is 0 Å². The molecular weight excluding hydrogens is 356 g/mol. The van der Waals surface area contributed by atoms with Crippen molar-refractivity contribution in [3.05, 3.63) is 47.6 Å². The van der Waals surface area contributed by atoms with Gasteiger partial charge in [0.05, 0.1) is 11.2 Å². The lowest BCUT2D eigenvalue weighted by atomic mass is 9.61. The SMILES string of the molecule is CC1=CC(CC2C=C(C)C=CC2(O)C2CCCCC2)C(O)(C2CCCCC2)C=C1. The molecule has 4 aliphatic rings. The molecule has 4 atom stereocenters. The number of aliphatic hydroxyl groups is 2. The molecule has 2 saturated carbocycles. The Morgan fingerprint density at radius 3 is 1.45 bits per heavy atom. The van der Waals surface area contributed by atoms with Gasteiger partial charge in [-0.1, -0.05) is 86.1 Å². The maximum Gasteiger partial charge on any atom is 0.0921 e. The van der Waals surface area contributed by atoms with Gasteiger partial charge < -0.3 is 10.2 Å². The van der Waals surface area contributed by atoms with Crippen molar-refractivity contribution in [1.82, 2.24) is 0 Å². The molecule has 2 nitrogen and oxygen atoms in total. The standard InChI is InChI=1S/C27H40O2/c1-20-13-15-26(28,22-9-5-3-6-10-22)24(17-20)19-25-18-21(2)14-16-27(25,29)23-11-7-4-8-12-23/h13-18,22-25,28-29H,3-12,19H2,1-2H3. The van der Waals surface area contributed by atoms with E-state index in [1.807, 2.05) is 0 Å². The zero-order valence-electron chi connectivity index (χ0n) is 18.4. The molecule has 4 unspecified atom stereocenters. The third kappa shape index (κ3) is 4.21. The fourth-order valence-electron chi connectivity index (χ4n) is 6.58. The second-order valence-corrected chi connectivity index (χ2v) is 10.4. The second kappa shape index (κ2) is 8.55. The lowest BCUT2D eigenvalue weighted by molar-refractivity contribution is -0.0620. The summed E-state index contributed by atoms with van der Waals surface area (Å²) in [6.45, 7) is 4.28. The van der Waals surface area contributed by atoms with Crippen LogP contribution in [-0.4, -0.2) is 21.4 Å².